The smallest absolute Gasteiger partial charge is 0.235 e. The minimum Gasteiger partial charge on any atom is -0.356 e. The number of carbonyl (C=O) groups excluding carboxylic acids is 2. The molecule has 138 valence electrons. The maximum Gasteiger partial charge on any atom is 0.235 e. The van der Waals surface area contributed by atoms with Crippen molar-refractivity contribution in [1.29, 1.82) is 0 Å². The average Bonchev–Trinajstić information content (AvgIpc) is 2.61. The molecule has 1 aromatic carbocycles. The van der Waals surface area contributed by atoms with Gasteiger partial charge in [0.2, 0.25) is 11.8 Å². The third-order valence-electron chi connectivity index (χ3n) is 4.69. The van der Waals surface area contributed by atoms with E-state index in [0.29, 0.717) is 11.8 Å². The highest BCUT2D eigenvalue weighted by Crippen LogP contribution is 2.27. The van der Waals surface area contributed by atoms with Crippen molar-refractivity contribution in [3.63, 3.8) is 0 Å². The molecule has 1 aliphatic rings. The quantitative estimate of drug-likeness (QED) is 0.809. The zero-order valence-corrected chi connectivity index (χ0v) is 16.3. The standard InChI is InChI=1S/C20H30N2O2S/c1-15(2)19(25-14-18-7-5-4-6-8-18)20(24)22-11-9-17(10-12-22)13-21-16(3)23/h4-8,15,17,19H,9-14H2,1-3H3,(H,21,23). The van der Waals surface area contributed by atoms with E-state index in [1.807, 2.05) is 23.1 Å². The van der Waals surface area contributed by atoms with Gasteiger partial charge in [0.1, 0.15) is 0 Å². The number of amides is 2. The molecule has 1 heterocycles. The van der Waals surface area contributed by atoms with E-state index in [-0.39, 0.29) is 17.1 Å². The molecule has 0 spiro atoms. The van der Waals surface area contributed by atoms with Crippen molar-refractivity contribution in [3.05, 3.63) is 35.9 Å². The fourth-order valence-corrected chi connectivity index (χ4v) is 4.38. The van der Waals surface area contributed by atoms with Gasteiger partial charge in [-0.25, -0.2) is 0 Å². The monoisotopic (exact) mass is 362 g/mol. The predicted molar refractivity (Wildman–Crippen MR) is 104 cm³/mol. The van der Waals surface area contributed by atoms with Crippen molar-refractivity contribution in [3.8, 4) is 0 Å². The van der Waals surface area contributed by atoms with Gasteiger partial charge in [0.25, 0.3) is 0 Å². The summed E-state index contributed by atoms with van der Waals surface area (Å²) in [6.07, 6.45) is 1.94. The Morgan fingerprint density at radius 1 is 1.20 bits per heavy atom. The highest BCUT2D eigenvalue weighted by atomic mass is 32.2. The van der Waals surface area contributed by atoms with Gasteiger partial charge in [-0.2, -0.15) is 0 Å². The van der Waals surface area contributed by atoms with E-state index in [4.69, 9.17) is 0 Å². The number of benzene rings is 1. The molecule has 0 aromatic heterocycles. The zero-order chi connectivity index (χ0) is 18.2. The van der Waals surface area contributed by atoms with Gasteiger partial charge in [0.05, 0.1) is 5.25 Å². The van der Waals surface area contributed by atoms with Crippen LogP contribution in [0, 0.1) is 11.8 Å². The number of nitrogens with zero attached hydrogens (tertiary/aromatic N) is 1. The Morgan fingerprint density at radius 3 is 2.40 bits per heavy atom. The van der Waals surface area contributed by atoms with E-state index in [0.717, 1.165) is 38.2 Å². The second kappa shape index (κ2) is 9.85. The number of carbonyl (C=O) groups is 2. The van der Waals surface area contributed by atoms with E-state index < -0.39 is 0 Å². The van der Waals surface area contributed by atoms with Crippen LogP contribution in [0.2, 0.25) is 0 Å². The summed E-state index contributed by atoms with van der Waals surface area (Å²) in [7, 11) is 0. The molecule has 1 N–H and O–H groups in total. The van der Waals surface area contributed by atoms with Crippen LogP contribution in [-0.4, -0.2) is 41.6 Å². The molecular weight excluding hydrogens is 332 g/mol. The van der Waals surface area contributed by atoms with Gasteiger partial charge in [-0.15, -0.1) is 11.8 Å². The maximum absolute atomic E-state index is 13.0. The average molecular weight is 363 g/mol. The van der Waals surface area contributed by atoms with E-state index in [9.17, 15) is 9.59 Å². The highest BCUT2D eigenvalue weighted by Gasteiger charge is 2.30. The van der Waals surface area contributed by atoms with Crippen LogP contribution >= 0.6 is 11.8 Å². The van der Waals surface area contributed by atoms with Crippen LogP contribution in [0.25, 0.3) is 0 Å². The molecule has 25 heavy (non-hydrogen) atoms. The van der Waals surface area contributed by atoms with E-state index in [1.54, 1.807) is 18.7 Å². The van der Waals surface area contributed by atoms with Crippen molar-refractivity contribution < 1.29 is 9.59 Å². The first-order chi connectivity index (χ1) is 12.0. The Bertz CT molecular complexity index is 554. The minimum atomic E-state index is 0.00657. The molecule has 0 bridgehead atoms. The lowest BCUT2D eigenvalue weighted by Gasteiger charge is -2.35. The third-order valence-corrected chi connectivity index (χ3v) is 6.29. The molecular formula is C20H30N2O2S. The lowest BCUT2D eigenvalue weighted by molar-refractivity contribution is -0.132. The number of piperidine rings is 1. The first kappa shape index (κ1) is 19.8. The van der Waals surface area contributed by atoms with Gasteiger partial charge >= 0.3 is 0 Å². The molecule has 5 heteroatoms. The lowest BCUT2D eigenvalue weighted by atomic mass is 9.96. The normalized spacial score (nSPS) is 16.7. The molecule has 0 saturated carbocycles. The van der Waals surface area contributed by atoms with E-state index in [1.165, 1.54) is 5.56 Å². The van der Waals surface area contributed by atoms with Crippen molar-refractivity contribution in [2.45, 2.75) is 44.6 Å². The summed E-state index contributed by atoms with van der Waals surface area (Å²) in [6.45, 7) is 8.15. The van der Waals surface area contributed by atoms with Gasteiger partial charge < -0.3 is 10.2 Å². The second-order valence-corrected chi connectivity index (χ2v) is 8.30. The zero-order valence-electron chi connectivity index (χ0n) is 15.5. The fraction of sp³-hybridized carbons (Fsp3) is 0.600. The number of likely N-dealkylation sites (tertiary alicyclic amines) is 1. The molecule has 1 fully saturated rings. The van der Waals surface area contributed by atoms with Crippen LogP contribution < -0.4 is 5.32 Å². The van der Waals surface area contributed by atoms with Crippen LogP contribution in [0.5, 0.6) is 0 Å². The molecule has 1 unspecified atom stereocenters. The van der Waals surface area contributed by atoms with Crippen LogP contribution in [0.1, 0.15) is 39.2 Å². The molecule has 4 nitrogen and oxygen atoms in total. The van der Waals surface area contributed by atoms with Gasteiger partial charge in [0, 0.05) is 32.3 Å². The third kappa shape index (κ3) is 6.38. The van der Waals surface area contributed by atoms with Crippen molar-refractivity contribution in [2.75, 3.05) is 19.6 Å². The Morgan fingerprint density at radius 2 is 1.84 bits per heavy atom. The SMILES string of the molecule is CC(=O)NCC1CCN(C(=O)C(SCc2ccccc2)C(C)C)CC1. The largest absolute Gasteiger partial charge is 0.356 e. The van der Waals surface area contributed by atoms with Gasteiger partial charge in [-0.05, 0) is 30.2 Å². The van der Waals surface area contributed by atoms with Crippen molar-refractivity contribution in [1.82, 2.24) is 10.2 Å². The Balaban J connectivity index is 1.85. The molecule has 1 saturated heterocycles. The first-order valence-electron chi connectivity index (χ1n) is 9.16. The van der Waals surface area contributed by atoms with E-state index in [2.05, 4.69) is 31.3 Å². The summed E-state index contributed by atoms with van der Waals surface area (Å²) in [5.74, 6) is 1.97. The molecule has 1 aliphatic heterocycles. The van der Waals surface area contributed by atoms with Gasteiger partial charge in [0.15, 0.2) is 0 Å². The maximum atomic E-state index is 13.0. The molecule has 0 aliphatic carbocycles. The van der Waals surface area contributed by atoms with Crippen LogP contribution in [-0.2, 0) is 15.3 Å². The topological polar surface area (TPSA) is 49.4 Å². The highest BCUT2D eigenvalue weighted by molar-refractivity contribution is 7.99. The molecule has 1 aromatic rings. The van der Waals surface area contributed by atoms with Crippen LogP contribution in [0.15, 0.2) is 30.3 Å². The molecule has 1 atom stereocenters. The predicted octanol–water partition coefficient (Wildman–Crippen LogP) is 3.32. The summed E-state index contributed by atoms with van der Waals surface area (Å²) >= 11 is 1.75. The summed E-state index contributed by atoms with van der Waals surface area (Å²) in [5.41, 5.74) is 1.26. The van der Waals surface area contributed by atoms with Crippen molar-refractivity contribution >= 4 is 23.6 Å². The number of nitrogens with one attached hydrogen (secondary N) is 1. The number of hydrogen-bond donors (Lipinski definition) is 1. The molecule has 2 amide bonds. The minimum absolute atomic E-state index is 0.00657. The second-order valence-electron chi connectivity index (χ2n) is 7.17. The van der Waals surface area contributed by atoms with Gasteiger partial charge in [-0.3, -0.25) is 9.59 Å². The Labute approximate surface area is 155 Å². The number of hydrogen-bond acceptors (Lipinski definition) is 3. The summed E-state index contributed by atoms with van der Waals surface area (Å²) in [6, 6.07) is 10.3. The summed E-state index contributed by atoms with van der Waals surface area (Å²) < 4.78 is 0. The first-order valence-corrected chi connectivity index (χ1v) is 10.2. The number of thioether (sulfide) groups is 1. The lowest BCUT2D eigenvalue weighted by Crippen LogP contribution is -2.45. The summed E-state index contributed by atoms with van der Waals surface area (Å²) in [4.78, 5) is 26.0. The fourth-order valence-electron chi connectivity index (χ4n) is 3.13. The van der Waals surface area contributed by atoms with E-state index >= 15 is 0 Å². The molecule has 0 radical (unpaired) electrons. The van der Waals surface area contributed by atoms with Crippen LogP contribution in [0.4, 0.5) is 0 Å². The van der Waals surface area contributed by atoms with Crippen LogP contribution in [0.3, 0.4) is 0 Å². The van der Waals surface area contributed by atoms with Gasteiger partial charge in [-0.1, -0.05) is 44.2 Å². The van der Waals surface area contributed by atoms with Crippen molar-refractivity contribution in [2.24, 2.45) is 11.8 Å². The number of rotatable bonds is 7. The Kier molecular flexibility index (Phi) is 7.82. The summed E-state index contributed by atoms with van der Waals surface area (Å²) in [5, 5.41) is 2.90. The Hall–Kier alpha value is -1.49. The molecule has 2 rings (SSSR count).